The van der Waals surface area contributed by atoms with Gasteiger partial charge in [-0.2, -0.15) is 0 Å². The van der Waals surface area contributed by atoms with Crippen LogP contribution in [-0.2, 0) is 31.0 Å². The van der Waals surface area contributed by atoms with Crippen LogP contribution in [0.2, 0.25) is 0 Å². The number of carbonyl (C=O) groups is 3. The van der Waals surface area contributed by atoms with E-state index in [0.29, 0.717) is 25.3 Å². The Labute approximate surface area is 226 Å². The number of carbonyl (C=O) groups excluding carboxylic acids is 3. The van der Waals surface area contributed by atoms with Crippen LogP contribution in [0.4, 0.5) is 10.5 Å². The van der Waals surface area contributed by atoms with Crippen molar-refractivity contribution < 1.29 is 29.0 Å². The molecule has 2 N–H and O–H groups in total. The highest BCUT2D eigenvalue weighted by molar-refractivity contribution is 6.15. The summed E-state index contributed by atoms with van der Waals surface area (Å²) in [5, 5.41) is 13.4. The first-order chi connectivity index (χ1) is 18.9. The number of benzene rings is 2. The molecule has 0 aliphatic carbocycles. The molecule has 3 atom stereocenters. The van der Waals surface area contributed by atoms with Crippen LogP contribution in [0.1, 0.15) is 30.9 Å². The van der Waals surface area contributed by atoms with Gasteiger partial charge in [0.05, 0.1) is 43.9 Å². The van der Waals surface area contributed by atoms with Crippen molar-refractivity contribution in [3.63, 3.8) is 0 Å². The van der Waals surface area contributed by atoms with Crippen LogP contribution in [0, 0.1) is 0 Å². The molecule has 0 aromatic heterocycles. The van der Waals surface area contributed by atoms with Gasteiger partial charge in [-0.05, 0) is 30.0 Å². The first kappa shape index (κ1) is 26.4. The van der Waals surface area contributed by atoms with E-state index in [-0.39, 0.29) is 17.9 Å². The molecule has 1 spiro atoms. The minimum absolute atomic E-state index is 0.0627. The molecule has 0 saturated carbocycles. The number of ether oxygens (including phenoxy) is 2. The number of amides is 2. The fourth-order valence-corrected chi connectivity index (χ4v) is 6.16. The highest BCUT2D eigenvalue weighted by Crippen LogP contribution is 2.57. The molecule has 5 rings (SSSR count). The van der Waals surface area contributed by atoms with Gasteiger partial charge in [-0.25, -0.2) is 19.4 Å². The number of para-hydroxylation sites is 1. The van der Waals surface area contributed by atoms with Gasteiger partial charge in [0.25, 0.3) is 0 Å². The Bertz CT molecular complexity index is 1360. The van der Waals surface area contributed by atoms with E-state index in [0.717, 1.165) is 23.2 Å². The van der Waals surface area contributed by atoms with Crippen LogP contribution in [-0.4, -0.2) is 73.3 Å². The second-order valence-electron chi connectivity index (χ2n) is 9.83. The Hall–Kier alpha value is -4.18. The van der Waals surface area contributed by atoms with Gasteiger partial charge in [0.2, 0.25) is 0 Å². The van der Waals surface area contributed by atoms with Crippen molar-refractivity contribution in [3.8, 4) is 0 Å². The van der Waals surface area contributed by atoms with Gasteiger partial charge >= 0.3 is 18.0 Å². The molecule has 1 saturated heterocycles. The lowest BCUT2D eigenvalue weighted by molar-refractivity contribution is -0.139. The lowest BCUT2D eigenvalue weighted by atomic mass is 9.69. The van der Waals surface area contributed by atoms with Crippen molar-refractivity contribution in [2.45, 2.75) is 43.8 Å². The number of methoxy groups -OCH3 is 2. The third kappa shape index (κ3) is 4.06. The van der Waals surface area contributed by atoms with Crippen LogP contribution in [0.5, 0.6) is 0 Å². The lowest BCUT2D eigenvalue weighted by Crippen LogP contribution is -2.56. The zero-order chi connectivity index (χ0) is 27.7. The average molecular weight is 533 g/mol. The number of nitrogens with zero attached hydrogens (tertiary/aromatic N) is 3. The Morgan fingerprint density at radius 1 is 1.05 bits per heavy atom. The van der Waals surface area contributed by atoms with Gasteiger partial charge < -0.3 is 24.8 Å². The largest absolute Gasteiger partial charge is 0.466 e. The first-order valence-corrected chi connectivity index (χ1v) is 13.0. The number of anilines is 1. The molecular formula is C29H32N4O6. The van der Waals surface area contributed by atoms with Gasteiger partial charge in [0.15, 0.2) is 5.70 Å². The Morgan fingerprint density at radius 2 is 1.74 bits per heavy atom. The molecule has 2 aromatic rings. The third-order valence-corrected chi connectivity index (χ3v) is 7.70. The van der Waals surface area contributed by atoms with E-state index in [2.05, 4.69) is 10.2 Å². The fourth-order valence-electron chi connectivity index (χ4n) is 6.16. The Morgan fingerprint density at radius 3 is 2.41 bits per heavy atom. The predicted molar refractivity (Wildman–Crippen MR) is 144 cm³/mol. The van der Waals surface area contributed by atoms with Gasteiger partial charge in [0.1, 0.15) is 5.84 Å². The number of hydrogen-bond donors (Lipinski definition) is 2. The second-order valence-corrected chi connectivity index (χ2v) is 9.83. The number of rotatable bonds is 7. The SMILES string of the molecule is CCCNC(=O)N1C2=NC(C(=O)OC)=C(C(=O)OC)C3N(Cc4ccccc4)c4ccccc4[C@]23CC1CO. The van der Waals surface area contributed by atoms with E-state index in [9.17, 15) is 19.5 Å². The maximum absolute atomic E-state index is 13.5. The number of likely N-dealkylation sites (tertiary alicyclic amines) is 1. The number of hydrogen-bond acceptors (Lipinski definition) is 8. The summed E-state index contributed by atoms with van der Waals surface area (Å²) in [5.74, 6) is -1.22. The van der Waals surface area contributed by atoms with Gasteiger partial charge in [-0.15, -0.1) is 0 Å². The van der Waals surface area contributed by atoms with Crippen molar-refractivity contribution in [1.29, 1.82) is 0 Å². The molecule has 2 unspecified atom stereocenters. The standard InChI is InChI=1S/C29H32N4O6/c1-4-14-30-28(37)33-19(17-34)15-29-20-12-8-9-13-21(20)32(16-18-10-6-5-7-11-18)24(29)22(25(35)38-2)23(26(36)39-3)31-27(29)33/h5-13,19,24,34H,4,14-17H2,1-3H3,(H,30,37)/t19?,24?,29-/m0/s1. The molecule has 1 fully saturated rings. The van der Waals surface area contributed by atoms with Crippen LogP contribution in [0.3, 0.4) is 0 Å². The number of aliphatic hydroxyl groups is 1. The highest BCUT2D eigenvalue weighted by Gasteiger charge is 2.66. The topological polar surface area (TPSA) is 121 Å². The minimum Gasteiger partial charge on any atom is -0.466 e. The summed E-state index contributed by atoms with van der Waals surface area (Å²) in [6.45, 7) is 2.47. The number of esters is 2. The molecule has 39 heavy (non-hydrogen) atoms. The number of aliphatic hydroxyl groups excluding tert-OH is 1. The molecule has 2 amide bonds. The molecule has 10 nitrogen and oxygen atoms in total. The molecule has 3 heterocycles. The Kier molecular flexibility index (Phi) is 7.14. The number of fused-ring (bicyclic) bond motifs is 1. The second kappa shape index (κ2) is 10.5. The van der Waals surface area contributed by atoms with Crippen molar-refractivity contribution >= 4 is 29.5 Å². The summed E-state index contributed by atoms with van der Waals surface area (Å²) in [6, 6.07) is 15.7. The summed E-state index contributed by atoms with van der Waals surface area (Å²) in [7, 11) is 2.48. The van der Waals surface area contributed by atoms with Gasteiger partial charge in [0, 0.05) is 18.8 Å². The molecule has 0 bridgehead atoms. The fraction of sp³-hybridized carbons (Fsp3) is 0.379. The lowest BCUT2D eigenvalue weighted by Gasteiger charge is -2.40. The summed E-state index contributed by atoms with van der Waals surface area (Å²) >= 11 is 0. The van der Waals surface area contributed by atoms with Crippen molar-refractivity contribution in [3.05, 3.63) is 77.0 Å². The number of urea groups is 1. The normalized spacial score (nSPS) is 23.0. The van der Waals surface area contributed by atoms with Crippen LogP contribution < -0.4 is 10.2 Å². The molecular weight excluding hydrogens is 500 g/mol. The molecule has 3 aliphatic heterocycles. The maximum atomic E-state index is 13.5. The van der Waals surface area contributed by atoms with Crippen LogP contribution >= 0.6 is 0 Å². The quantitative estimate of drug-likeness (QED) is 0.526. The molecule has 10 heteroatoms. The van der Waals surface area contributed by atoms with E-state index in [1.54, 1.807) is 0 Å². The third-order valence-electron chi connectivity index (χ3n) is 7.70. The molecule has 204 valence electrons. The van der Waals surface area contributed by atoms with Crippen molar-refractivity contribution in [1.82, 2.24) is 10.2 Å². The zero-order valence-electron chi connectivity index (χ0n) is 22.2. The van der Waals surface area contributed by atoms with E-state index >= 15 is 0 Å². The number of amidine groups is 1. The first-order valence-electron chi connectivity index (χ1n) is 13.0. The van der Waals surface area contributed by atoms with Crippen molar-refractivity contribution in [2.75, 3.05) is 32.3 Å². The molecule has 3 aliphatic rings. The summed E-state index contributed by atoms with van der Waals surface area (Å²) in [6.07, 6.45) is 1.01. The van der Waals surface area contributed by atoms with Crippen LogP contribution in [0.25, 0.3) is 0 Å². The number of nitrogens with one attached hydrogen (secondary N) is 1. The molecule has 0 radical (unpaired) electrons. The van der Waals surface area contributed by atoms with E-state index in [4.69, 9.17) is 14.5 Å². The van der Waals surface area contributed by atoms with Gasteiger partial charge in [-0.3, -0.25) is 4.90 Å². The van der Waals surface area contributed by atoms with Crippen molar-refractivity contribution in [2.24, 2.45) is 4.99 Å². The number of aliphatic imine (C=N–C) groups is 1. The maximum Gasteiger partial charge on any atom is 0.357 e. The van der Waals surface area contributed by atoms with Gasteiger partial charge in [-0.1, -0.05) is 55.5 Å². The summed E-state index contributed by atoms with van der Waals surface area (Å²) < 4.78 is 10.3. The van der Waals surface area contributed by atoms with E-state index in [1.807, 2.05) is 61.5 Å². The highest BCUT2D eigenvalue weighted by atomic mass is 16.5. The van der Waals surface area contributed by atoms with E-state index < -0.39 is 35.5 Å². The smallest absolute Gasteiger partial charge is 0.357 e. The summed E-state index contributed by atoms with van der Waals surface area (Å²) in [4.78, 5) is 48.3. The molecule has 2 aromatic carbocycles. The zero-order valence-corrected chi connectivity index (χ0v) is 22.2. The summed E-state index contributed by atoms with van der Waals surface area (Å²) in [5.41, 5.74) is 1.54. The predicted octanol–water partition coefficient (Wildman–Crippen LogP) is 2.51. The van der Waals surface area contributed by atoms with E-state index in [1.165, 1.54) is 19.1 Å². The van der Waals surface area contributed by atoms with Crippen LogP contribution in [0.15, 0.2) is 70.9 Å². The average Bonchev–Trinajstić information content (AvgIpc) is 3.46. The Balaban J connectivity index is 1.80. The minimum atomic E-state index is -1.01. The monoisotopic (exact) mass is 532 g/mol.